The Labute approximate surface area is 80.6 Å². The number of carboxylic acids is 1. The monoisotopic (exact) mass is 200 g/mol. The zero-order valence-electron chi connectivity index (χ0n) is 6.77. The van der Waals surface area contributed by atoms with Crippen molar-refractivity contribution in [2.45, 2.75) is 12.5 Å². The van der Waals surface area contributed by atoms with Gasteiger partial charge in [-0.05, 0) is 12.5 Å². The molecule has 3 nitrogen and oxygen atoms in total. The molecule has 0 saturated carbocycles. The number of halogens is 1. The Hall–Kier alpha value is -1.06. The van der Waals surface area contributed by atoms with E-state index in [1.807, 2.05) is 6.08 Å². The van der Waals surface area contributed by atoms with Crippen molar-refractivity contribution >= 4 is 17.6 Å². The Morgan fingerprint density at radius 3 is 2.92 bits per heavy atom. The molecule has 0 amide bonds. The zero-order valence-corrected chi connectivity index (χ0v) is 7.53. The third-order valence-electron chi connectivity index (χ3n) is 1.66. The van der Waals surface area contributed by atoms with E-state index in [4.69, 9.17) is 16.7 Å². The molecule has 1 rings (SSSR count). The highest BCUT2D eigenvalue weighted by atomic mass is 35.5. The van der Waals surface area contributed by atoms with Crippen molar-refractivity contribution in [2.24, 2.45) is 0 Å². The average Bonchev–Trinajstić information content (AvgIpc) is 2.28. The van der Waals surface area contributed by atoms with Crippen LogP contribution in [0.2, 0.25) is 0 Å². The quantitative estimate of drug-likeness (QED) is 0.709. The van der Waals surface area contributed by atoms with Crippen LogP contribution in [-0.4, -0.2) is 22.3 Å². The van der Waals surface area contributed by atoms with Crippen LogP contribution < -0.4 is 0 Å². The molecule has 0 radical (unpaired) electrons. The number of allylic oxidation sites excluding steroid dienone is 4. The van der Waals surface area contributed by atoms with Crippen LogP contribution in [0.15, 0.2) is 34.9 Å². The minimum atomic E-state index is -1.54. The van der Waals surface area contributed by atoms with Gasteiger partial charge < -0.3 is 10.2 Å². The van der Waals surface area contributed by atoms with Gasteiger partial charge in [0.25, 0.3) is 0 Å². The minimum Gasteiger partial charge on any atom is -0.479 e. The highest BCUT2D eigenvalue weighted by Crippen LogP contribution is 2.21. The van der Waals surface area contributed by atoms with E-state index in [0.717, 1.165) is 0 Å². The summed E-state index contributed by atoms with van der Waals surface area (Å²) in [5.41, 5.74) is 0.249. The van der Waals surface area contributed by atoms with Crippen LogP contribution >= 0.6 is 11.6 Å². The molecule has 1 aliphatic carbocycles. The number of hydrogen-bond donors (Lipinski definition) is 2. The first-order chi connectivity index (χ1) is 6.13. The topological polar surface area (TPSA) is 57.5 Å². The Bertz CT molecular complexity index is 302. The first kappa shape index (κ1) is 10.0. The summed E-state index contributed by atoms with van der Waals surface area (Å²) < 4.78 is 0. The van der Waals surface area contributed by atoms with Crippen molar-refractivity contribution in [1.82, 2.24) is 0 Å². The summed E-state index contributed by atoms with van der Waals surface area (Å²) in [6.07, 6.45) is 5.74. The second kappa shape index (κ2) is 4.25. The molecule has 0 spiro atoms. The molecule has 1 atom stereocenters. The maximum Gasteiger partial charge on any atom is 0.337 e. The molecule has 0 unspecified atom stereocenters. The summed E-state index contributed by atoms with van der Waals surface area (Å²) in [5.74, 6) is -1.29. The molecular formula is C9H9ClO3. The molecule has 70 valence electrons. The highest BCUT2D eigenvalue weighted by Gasteiger charge is 2.20. The predicted molar refractivity (Wildman–Crippen MR) is 49.4 cm³/mol. The largest absolute Gasteiger partial charge is 0.479 e. The predicted octanol–water partition coefficient (Wildman–Crippen LogP) is 1.44. The minimum absolute atomic E-state index is 0.249. The second-order valence-electron chi connectivity index (χ2n) is 2.58. The van der Waals surface area contributed by atoms with E-state index in [1.165, 1.54) is 0 Å². The van der Waals surface area contributed by atoms with Crippen LogP contribution in [0.5, 0.6) is 0 Å². The van der Waals surface area contributed by atoms with E-state index in [-0.39, 0.29) is 10.6 Å². The zero-order chi connectivity index (χ0) is 9.84. The molecule has 0 bridgehead atoms. The number of carbonyl (C=O) groups is 1. The Kier molecular flexibility index (Phi) is 3.28. The fraction of sp³-hybridized carbons (Fsp3) is 0.222. The molecular weight excluding hydrogens is 192 g/mol. The summed E-state index contributed by atoms with van der Waals surface area (Å²) in [4.78, 5) is 10.5. The van der Waals surface area contributed by atoms with Crippen LogP contribution in [0.25, 0.3) is 0 Å². The van der Waals surface area contributed by atoms with Crippen LogP contribution in [0, 0.1) is 0 Å². The summed E-state index contributed by atoms with van der Waals surface area (Å²) in [5, 5.41) is 18.0. The molecule has 0 heterocycles. The Balaban J connectivity index is 2.91. The standard InChI is InChI=1S/C9H9ClO3/c10-7-5-3-1-2-4-6(7)8(11)9(12)13/h1,3-5,8,11H,2H2,(H,12,13)/t8-/m1/s1. The van der Waals surface area contributed by atoms with Gasteiger partial charge in [0.05, 0.1) is 0 Å². The van der Waals surface area contributed by atoms with Gasteiger partial charge in [0, 0.05) is 10.6 Å². The Morgan fingerprint density at radius 2 is 2.31 bits per heavy atom. The molecule has 0 aromatic heterocycles. The number of aliphatic hydroxyl groups excluding tert-OH is 1. The number of aliphatic hydroxyl groups is 1. The molecule has 0 aromatic rings. The van der Waals surface area contributed by atoms with Gasteiger partial charge in [-0.1, -0.05) is 29.8 Å². The van der Waals surface area contributed by atoms with Crippen molar-refractivity contribution < 1.29 is 15.0 Å². The van der Waals surface area contributed by atoms with Crippen molar-refractivity contribution in [3.8, 4) is 0 Å². The molecule has 2 N–H and O–H groups in total. The molecule has 0 fully saturated rings. The van der Waals surface area contributed by atoms with E-state index in [2.05, 4.69) is 0 Å². The smallest absolute Gasteiger partial charge is 0.337 e. The molecule has 0 aliphatic heterocycles. The average molecular weight is 201 g/mol. The van der Waals surface area contributed by atoms with Crippen LogP contribution in [0.4, 0.5) is 0 Å². The SMILES string of the molecule is O=C(O)[C@H](O)C1=CCC=CC=C1Cl. The third-order valence-corrected chi connectivity index (χ3v) is 2.00. The molecule has 4 heteroatoms. The van der Waals surface area contributed by atoms with E-state index in [1.54, 1.807) is 18.2 Å². The van der Waals surface area contributed by atoms with Gasteiger partial charge in [0.1, 0.15) is 0 Å². The van der Waals surface area contributed by atoms with Crippen molar-refractivity contribution in [3.63, 3.8) is 0 Å². The molecule has 1 aliphatic rings. The maximum atomic E-state index is 10.5. The van der Waals surface area contributed by atoms with E-state index >= 15 is 0 Å². The van der Waals surface area contributed by atoms with Gasteiger partial charge in [0.2, 0.25) is 0 Å². The molecule has 0 aromatic carbocycles. The summed E-state index contributed by atoms with van der Waals surface area (Å²) in [6.45, 7) is 0. The lowest BCUT2D eigenvalue weighted by Crippen LogP contribution is -2.22. The van der Waals surface area contributed by atoms with Crippen molar-refractivity contribution in [2.75, 3.05) is 0 Å². The van der Waals surface area contributed by atoms with E-state index in [9.17, 15) is 9.90 Å². The fourth-order valence-electron chi connectivity index (χ4n) is 0.995. The second-order valence-corrected chi connectivity index (χ2v) is 2.99. The van der Waals surface area contributed by atoms with Gasteiger partial charge >= 0.3 is 5.97 Å². The first-order valence-corrected chi connectivity index (χ1v) is 4.14. The number of aliphatic carboxylic acids is 1. The first-order valence-electron chi connectivity index (χ1n) is 3.76. The number of hydrogen-bond acceptors (Lipinski definition) is 2. The summed E-state index contributed by atoms with van der Waals surface area (Å²) in [7, 11) is 0. The number of carboxylic acid groups (broad SMARTS) is 1. The van der Waals surface area contributed by atoms with E-state index < -0.39 is 12.1 Å². The Morgan fingerprint density at radius 1 is 1.62 bits per heavy atom. The fourth-order valence-corrected chi connectivity index (χ4v) is 1.25. The van der Waals surface area contributed by atoms with Crippen molar-refractivity contribution in [3.05, 3.63) is 34.9 Å². The lowest BCUT2D eigenvalue weighted by atomic mass is 10.1. The number of rotatable bonds is 2. The van der Waals surface area contributed by atoms with Crippen LogP contribution in [0.3, 0.4) is 0 Å². The van der Waals surface area contributed by atoms with Gasteiger partial charge in [0.15, 0.2) is 6.10 Å². The van der Waals surface area contributed by atoms with Gasteiger partial charge in [-0.3, -0.25) is 0 Å². The van der Waals surface area contributed by atoms with Gasteiger partial charge in [-0.25, -0.2) is 4.79 Å². The summed E-state index contributed by atoms with van der Waals surface area (Å²) in [6, 6.07) is 0. The summed E-state index contributed by atoms with van der Waals surface area (Å²) >= 11 is 5.74. The third kappa shape index (κ3) is 2.44. The van der Waals surface area contributed by atoms with Gasteiger partial charge in [-0.2, -0.15) is 0 Å². The normalized spacial score (nSPS) is 18.6. The van der Waals surface area contributed by atoms with Gasteiger partial charge in [-0.15, -0.1) is 0 Å². The molecule has 13 heavy (non-hydrogen) atoms. The lowest BCUT2D eigenvalue weighted by Gasteiger charge is -2.08. The van der Waals surface area contributed by atoms with Crippen LogP contribution in [0.1, 0.15) is 6.42 Å². The van der Waals surface area contributed by atoms with Crippen molar-refractivity contribution in [1.29, 1.82) is 0 Å². The molecule has 0 saturated heterocycles. The van der Waals surface area contributed by atoms with E-state index in [0.29, 0.717) is 6.42 Å². The highest BCUT2D eigenvalue weighted by molar-refractivity contribution is 6.32. The maximum absolute atomic E-state index is 10.5. The lowest BCUT2D eigenvalue weighted by molar-refractivity contribution is -0.144. The van der Waals surface area contributed by atoms with Crippen LogP contribution in [-0.2, 0) is 4.79 Å².